The van der Waals surface area contributed by atoms with Crippen molar-refractivity contribution in [1.29, 1.82) is 0 Å². The van der Waals surface area contributed by atoms with Crippen molar-refractivity contribution in [2.75, 3.05) is 0 Å². The van der Waals surface area contributed by atoms with Crippen LogP contribution in [0.15, 0.2) is 59.8 Å². The first kappa shape index (κ1) is 12.7. The zero-order valence-electron chi connectivity index (χ0n) is 7.52. The van der Waals surface area contributed by atoms with Crippen molar-refractivity contribution in [1.82, 2.24) is 0 Å². The van der Waals surface area contributed by atoms with Gasteiger partial charge in [0.2, 0.25) is 0 Å². The Kier molecular flexibility index (Phi) is 7.52. The monoisotopic (exact) mass is 229 g/mol. The second-order valence-corrected chi connectivity index (χ2v) is 2.43. The standard InChI is InChI=1S/C6H6NO.C5H5.Fe/c8-7-5-6-3-1-2-4-6;1-2-4-5-3-1;/h1-5,8H;1-5H;/q-1;-5;/b7-5+;;. The third-order valence-electron chi connectivity index (χ3n) is 1.45. The largest absolute Gasteiger partial charge is 0.748 e. The Balaban J connectivity index is 0.000000246. The van der Waals surface area contributed by atoms with E-state index < -0.39 is 0 Å². The van der Waals surface area contributed by atoms with E-state index in [0.29, 0.717) is 0 Å². The quantitative estimate of drug-likeness (QED) is 0.263. The molecule has 0 atom stereocenters. The molecule has 0 aromatic heterocycles. The summed E-state index contributed by atoms with van der Waals surface area (Å²) in [6.45, 7) is 0. The van der Waals surface area contributed by atoms with Gasteiger partial charge >= 0.3 is 0 Å². The van der Waals surface area contributed by atoms with Crippen LogP contribution in [0, 0.1) is 0 Å². The average molecular weight is 229 g/mol. The molecule has 1 N–H and O–H groups in total. The van der Waals surface area contributed by atoms with Gasteiger partial charge in [-0.2, -0.15) is 12.1 Å². The molecule has 0 spiro atoms. The van der Waals surface area contributed by atoms with Gasteiger partial charge in [-0.1, -0.05) is 0 Å². The van der Waals surface area contributed by atoms with E-state index in [4.69, 9.17) is 5.21 Å². The summed E-state index contributed by atoms with van der Waals surface area (Å²) in [5.74, 6) is 0. The van der Waals surface area contributed by atoms with E-state index in [0.717, 1.165) is 5.56 Å². The molecular weight excluding hydrogens is 218 g/mol. The van der Waals surface area contributed by atoms with Crippen LogP contribution >= 0.6 is 0 Å². The van der Waals surface area contributed by atoms with Crippen LogP contribution in [0.3, 0.4) is 0 Å². The van der Waals surface area contributed by atoms with E-state index in [2.05, 4.69) is 5.16 Å². The number of rotatable bonds is 1. The third-order valence-corrected chi connectivity index (χ3v) is 1.45. The van der Waals surface area contributed by atoms with E-state index in [1.54, 1.807) is 0 Å². The molecule has 0 fully saturated rings. The maximum Gasteiger partial charge on any atom is 0.0181 e. The van der Waals surface area contributed by atoms with Gasteiger partial charge in [-0.05, 0) is 0 Å². The normalized spacial score (nSPS) is 8.86. The van der Waals surface area contributed by atoms with Crippen molar-refractivity contribution in [3.63, 3.8) is 0 Å². The van der Waals surface area contributed by atoms with Gasteiger partial charge in [0.15, 0.2) is 0 Å². The minimum atomic E-state index is 0. The molecule has 80 valence electrons. The molecule has 2 rings (SSSR count). The van der Waals surface area contributed by atoms with Crippen LogP contribution in [-0.2, 0) is 17.1 Å². The SMILES string of the molecule is O/N=C/[c-]1cccc1.[Fe].[cH-]1[cH-][cH-][cH-][cH-]1. The summed E-state index contributed by atoms with van der Waals surface area (Å²) < 4.78 is 0. The van der Waals surface area contributed by atoms with Crippen LogP contribution in [0.25, 0.3) is 0 Å². The first-order valence-electron chi connectivity index (χ1n) is 3.99. The molecule has 0 radical (unpaired) electrons. The Hall–Kier alpha value is -1.31. The predicted molar refractivity (Wildman–Crippen MR) is 53.5 cm³/mol. The number of oxime groups is 1. The summed E-state index contributed by atoms with van der Waals surface area (Å²) in [7, 11) is 0. The Labute approximate surface area is 94.1 Å². The van der Waals surface area contributed by atoms with E-state index in [1.807, 2.05) is 54.6 Å². The van der Waals surface area contributed by atoms with Gasteiger partial charge < -0.3 is 35.5 Å². The molecule has 0 heterocycles. The minimum Gasteiger partial charge on any atom is -0.748 e. The molecular formula is C11H11FeNO-6. The van der Waals surface area contributed by atoms with E-state index in [9.17, 15) is 0 Å². The van der Waals surface area contributed by atoms with Gasteiger partial charge in [0.25, 0.3) is 0 Å². The second-order valence-electron chi connectivity index (χ2n) is 2.43. The van der Waals surface area contributed by atoms with Crippen molar-refractivity contribution in [2.24, 2.45) is 5.16 Å². The zero-order valence-corrected chi connectivity index (χ0v) is 8.63. The maximum atomic E-state index is 8.01. The molecule has 0 saturated heterocycles. The molecule has 0 saturated carbocycles. The minimum absolute atomic E-state index is 0. The first-order valence-corrected chi connectivity index (χ1v) is 3.99. The van der Waals surface area contributed by atoms with Crippen molar-refractivity contribution < 1.29 is 22.3 Å². The molecule has 3 heteroatoms. The molecule has 14 heavy (non-hydrogen) atoms. The Bertz CT molecular complexity index is 294. The fourth-order valence-electron chi connectivity index (χ4n) is 0.862. The summed E-state index contributed by atoms with van der Waals surface area (Å²) in [6.07, 6.45) is 1.39. The maximum absolute atomic E-state index is 8.01. The molecule has 0 aliphatic heterocycles. The van der Waals surface area contributed by atoms with E-state index in [-0.39, 0.29) is 17.1 Å². The Morgan fingerprint density at radius 3 is 1.79 bits per heavy atom. The van der Waals surface area contributed by atoms with Gasteiger partial charge in [0, 0.05) is 23.3 Å². The summed E-state index contributed by atoms with van der Waals surface area (Å²) in [4.78, 5) is 0. The Morgan fingerprint density at radius 2 is 1.43 bits per heavy atom. The number of hydrogen-bond acceptors (Lipinski definition) is 2. The zero-order chi connectivity index (χ0) is 9.36. The summed E-state index contributed by atoms with van der Waals surface area (Å²) in [5, 5.41) is 10.9. The molecule has 0 bridgehead atoms. The van der Waals surface area contributed by atoms with Crippen molar-refractivity contribution in [2.45, 2.75) is 0 Å². The molecule has 0 amide bonds. The Morgan fingerprint density at radius 1 is 1.00 bits per heavy atom. The number of nitrogens with zero attached hydrogens (tertiary/aromatic N) is 1. The summed E-state index contributed by atoms with van der Waals surface area (Å²) >= 11 is 0. The van der Waals surface area contributed by atoms with E-state index in [1.165, 1.54) is 6.21 Å². The topological polar surface area (TPSA) is 32.6 Å². The van der Waals surface area contributed by atoms with Crippen LogP contribution in [0.5, 0.6) is 0 Å². The van der Waals surface area contributed by atoms with E-state index >= 15 is 0 Å². The molecule has 2 aromatic rings. The number of hydrogen-bond donors (Lipinski definition) is 1. The molecule has 0 aliphatic carbocycles. The molecule has 0 aliphatic rings. The van der Waals surface area contributed by atoms with Crippen molar-refractivity contribution >= 4 is 6.21 Å². The van der Waals surface area contributed by atoms with Crippen LogP contribution in [-0.4, -0.2) is 11.4 Å². The smallest absolute Gasteiger partial charge is 0.0181 e. The second kappa shape index (κ2) is 8.30. The van der Waals surface area contributed by atoms with Crippen LogP contribution in [0.2, 0.25) is 0 Å². The van der Waals surface area contributed by atoms with Crippen LogP contribution in [0.4, 0.5) is 0 Å². The molecule has 2 aromatic carbocycles. The molecule has 2 nitrogen and oxygen atoms in total. The average Bonchev–Trinajstić information content (AvgIpc) is 2.79. The fraction of sp³-hybridized carbons (Fsp3) is 0. The van der Waals surface area contributed by atoms with Crippen molar-refractivity contribution in [3.05, 3.63) is 60.2 Å². The van der Waals surface area contributed by atoms with Gasteiger partial charge in [-0.25, -0.2) is 12.1 Å². The summed E-state index contributed by atoms with van der Waals surface area (Å²) in [6, 6.07) is 17.5. The fourth-order valence-corrected chi connectivity index (χ4v) is 0.862. The summed E-state index contributed by atoms with van der Waals surface area (Å²) in [5.41, 5.74) is 0.924. The third kappa shape index (κ3) is 5.36. The van der Waals surface area contributed by atoms with Crippen LogP contribution in [0.1, 0.15) is 5.56 Å². The van der Waals surface area contributed by atoms with Crippen molar-refractivity contribution in [3.8, 4) is 0 Å². The van der Waals surface area contributed by atoms with Gasteiger partial charge in [0.05, 0.1) is 0 Å². The van der Waals surface area contributed by atoms with Gasteiger partial charge in [-0.15, -0.1) is 10.7 Å². The van der Waals surface area contributed by atoms with Crippen LogP contribution < -0.4 is 0 Å². The first-order chi connectivity index (χ1) is 6.43. The van der Waals surface area contributed by atoms with Gasteiger partial charge in [0.1, 0.15) is 0 Å². The van der Waals surface area contributed by atoms with Gasteiger partial charge in [-0.3, -0.25) is 0 Å². The molecule has 0 unspecified atom stereocenters. The predicted octanol–water partition coefficient (Wildman–Crippen LogP) is 2.62.